The molecule has 8 heteroatoms. The van der Waals surface area contributed by atoms with E-state index in [1.807, 2.05) is 35.7 Å². The van der Waals surface area contributed by atoms with Gasteiger partial charge >= 0.3 is 5.97 Å². The van der Waals surface area contributed by atoms with Crippen LogP contribution in [0.3, 0.4) is 0 Å². The lowest BCUT2D eigenvalue weighted by Gasteiger charge is -2.27. The molecule has 2 aliphatic rings. The number of nitrogens with zero attached hydrogens (tertiary/aromatic N) is 2. The molecule has 7 nitrogen and oxygen atoms in total. The van der Waals surface area contributed by atoms with E-state index in [2.05, 4.69) is 10.3 Å². The monoisotopic (exact) mass is 385 g/mol. The van der Waals surface area contributed by atoms with Gasteiger partial charge in [-0.05, 0) is 6.92 Å². The lowest BCUT2D eigenvalue weighted by atomic mass is 9.81. The quantitative estimate of drug-likeness (QED) is 0.638. The van der Waals surface area contributed by atoms with Crippen LogP contribution in [0, 0.1) is 11.8 Å². The Labute approximate surface area is 160 Å². The van der Waals surface area contributed by atoms with Gasteiger partial charge in [0.2, 0.25) is 11.8 Å². The van der Waals surface area contributed by atoms with Gasteiger partial charge < -0.3 is 4.74 Å². The molecule has 4 atom stereocenters. The standard InChI is InChI=1S/C19H19N3O4S/c1-19(18(25)26-3)13-12(16(23)22(2)17(13)24)14(21-19)11-9-27-15(20-11)10-7-5-4-6-8-10/h4-9,12-14,21H,1-3H3/t12-,13-,14-,19-/m1/s1. The van der Waals surface area contributed by atoms with Crippen molar-refractivity contribution in [2.24, 2.45) is 11.8 Å². The maximum atomic E-state index is 12.7. The number of esters is 1. The first kappa shape index (κ1) is 17.8. The number of thiazole rings is 1. The van der Waals surface area contributed by atoms with Crippen molar-refractivity contribution in [1.29, 1.82) is 0 Å². The van der Waals surface area contributed by atoms with E-state index in [0.717, 1.165) is 15.5 Å². The van der Waals surface area contributed by atoms with Crippen LogP contribution in [0.1, 0.15) is 18.7 Å². The van der Waals surface area contributed by atoms with Gasteiger partial charge in [0.25, 0.3) is 0 Å². The maximum Gasteiger partial charge on any atom is 0.326 e. The first-order valence-corrected chi connectivity index (χ1v) is 9.45. The average molecular weight is 385 g/mol. The molecule has 2 amide bonds. The molecule has 2 fully saturated rings. The number of methoxy groups -OCH3 is 1. The highest BCUT2D eigenvalue weighted by atomic mass is 32.1. The number of likely N-dealkylation sites (tertiary alicyclic amines) is 1. The second-order valence-electron chi connectivity index (χ2n) is 7.00. The van der Waals surface area contributed by atoms with Crippen LogP contribution in [-0.4, -0.2) is 47.4 Å². The van der Waals surface area contributed by atoms with Crippen molar-refractivity contribution < 1.29 is 19.1 Å². The first-order chi connectivity index (χ1) is 12.9. The largest absolute Gasteiger partial charge is 0.468 e. The van der Waals surface area contributed by atoms with Gasteiger partial charge in [-0.1, -0.05) is 30.3 Å². The third-order valence-electron chi connectivity index (χ3n) is 5.48. The lowest BCUT2D eigenvalue weighted by Crippen LogP contribution is -2.53. The summed E-state index contributed by atoms with van der Waals surface area (Å²) in [5.41, 5.74) is 0.348. The van der Waals surface area contributed by atoms with E-state index in [-0.39, 0.29) is 11.8 Å². The third kappa shape index (κ3) is 2.51. The van der Waals surface area contributed by atoms with Gasteiger partial charge in [-0.25, -0.2) is 4.98 Å². The van der Waals surface area contributed by atoms with Crippen molar-refractivity contribution in [1.82, 2.24) is 15.2 Å². The van der Waals surface area contributed by atoms with E-state index in [0.29, 0.717) is 5.69 Å². The predicted octanol–water partition coefficient (Wildman–Crippen LogP) is 1.62. The first-order valence-electron chi connectivity index (χ1n) is 8.57. The van der Waals surface area contributed by atoms with Crippen molar-refractivity contribution >= 4 is 29.1 Å². The van der Waals surface area contributed by atoms with Crippen molar-refractivity contribution in [3.05, 3.63) is 41.4 Å². The van der Waals surface area contributed by atoms with Gasteiger partial charge in [-0.2, -0.15) is 0 Å². The highest BCUT2D eigenvalue weighted by Crippen LogP contribution is 2.48. The van der Waals surface area contributed by atoms with Gasteiger partial charge in [0.1, 0.15) is 10.5 Å². The Morgan fingerprint density at radius 2 is 1.96 bits per heavy atom. The number of amides is 2. The number of carbonyl (C=O) groups is 3. The van der Waals surface area contributed by atoms with Gasteiger partial charge in [0, 0.05) is 18.0 Å². The number of ether oxygens (including phenoxy) is 1. The summed E-state index contributed by atoms with van der Waals surface area (Å²) in [6.45, 7) is 1.62. The van der Waals surface area contributed by atoms with Crippen molar-refractivity contribution in [2.75, 3.05) is 14.2 Å². The molecule has 1 aromatic heterocycles. The second kappa shape index (κ2) is 6.24. The zero-order chi connectivity index (χ0) is 19.3. The fourth-order valence-corrected chi connectivity index (χ4v) is 4.94. The summed E-state index contributed by atoms with van der Waals surface area (Å²) in [5, 5.41) is 5.88. The number of rotatable bonds is 3. The zero-order valence-electron chi connectivity index (χ0n) is 15.1. The molecule has 0 saturated carbocycles. The molecule has 4 rings (SSSR count). The molecule has 27 heavy (non-hydrogen) atoms. The van der Waals surface area contributed by atoms with Crippen LogP contribution < -0.4 is 5.32 Å². The Kier molecular flexibility index (Phi) is 4.12. The summed E-state index contributed by atoms with van der Waals surface area (Å²) >= 11 is 1.46. The molecule has 3 heterocycles. The Morgan fingerprint density at radius 1 is 1.26 bits per heavy atom. The topological polar surface area (TPSA) is 88.6 Å². The molecule has 2 saturated heterocycles. The van der Waals surface area contributed by atoms with E-state index in [9.17, 15) is 14.4 Å². The SMILES string of the molecule is COC(=O)[C@]1(C)N[C@H](c2csc(-c3ccccc3)n2)[C@@H]2C(=O)N(C)C(=O)[C@@H]21. The van der Waals surface area contributed by atoms with Crippen molar-refractivity contribution in [3.63, 3.8) is 0 Å². The summed E-state index contributed by atoms with van der Waals surface area (Å²) in [6, 6.07) is 9.19. The molecule has 0 spiro atoms. The molecule has 140 valence electrons. The van der Waals surface area contributed by atoms with E-state index < -0.39 is 29.4 Å². The van der Waals surface area contributed by atoms with Crippen LogP contribution in [0.25, 0.3) is 10.6 Å². The Balaban J connectivity index is 1.75. The van der Waals surface area contributed by atoms with E-state index in [4.69, 9.17) is 4.74 Å². The number of benzene rings is 1. The summed E-state index contributed by atoms with van der Waals surface area (Å²) in [7, 11) is 2.73. The molecule has 0 radical (unpaired) electrons. The smallest absolute Gasteiger partial charge is 0.326 e. The number of hydrogen-bond donors (Lipinski definition) is 1. The molecular weight excluding hydrogens is 366 g/mol. The second-order valence-corrected chi connectivity index (χ2v) is 7.86. The Bertz CT molecular complexity index is 928. The van der Waals surface area contributed by atoms with Crippen LogP contribution in [0.4, 0.5) is 0 Å². The minimum absolute atomic E-state index is 0.301. The molecule has 2 aromatic rings. The molecular formula is C19H19N3O4S. The minimum Gasteiger partial charge on any atom is -0.468 e. The zero-order valence-corrected chi connectivity index (χ0v) is 15.9. The lowest BCUT2D eigenvalue weighted by molar-refractivity contribution is -0.152. The number of hydrogen-bond acceptors (Lipinski definition) is 7. The van der Waals surface area contributed by atoms with Gasteiger partial charge in [-0.3, -0.25) is 24.6 Å². The number of fused-ring (bicyclic) bond motifs is 1. The Hall–Kier alpha value is -2.58. The van der Waals surface area contributed by atoms with Crippen LogP contribution >= 0.6 is 11.3 Å². The van der Waals surface area contributed by atoms with Crippen LogP contribution in [0.2, 0.25) is 0 Å². The number of nitrogens with one attached hydrogen (secondary N) is 1. The van der Waals surface area contributed by atoms with Crippen LogP contribution in [-0.2, 0) is 19.1 Å². The number of carbonyl (C=O) groups excluding carboxylic acids is 3. The normalized spacial score (nSPS) is 29.9. The Morgan fingerprint density at radius 3 is 2.63 bits per heavy atom. The maximum absolute atomic E-state index is 12.7. The average Bonchev–Trinajstić information content (AvgIpc) is 3.35. The van der Waals surface area contributed by atoms with Crippen LogP contribution in [0.5, 0.6) is 0 Å². The summed E-state index contributed by atoms with van der Waals surface area (Å²) < 4.78 is 4.92. The molecule has 1 N–H and O–H groups in total. The van der Waals surface area contributed by atoms with E-state index in [1.165, 1.54) is 25.5 Å². The molecule has 0 bridgehead atoms. The summed E-state index contributed by atoms with van der Waals surface area (Å²) in [4.78, 5) is 43.7. The highest BCUT2D eigenvalue weighted by molar-refractivity contribution is 7.13. The van der Waals surface area contributed by atoms with Gasteiger partial charge in [-0.15, -0.1) is 11.3 Å². The minimum atomic E-state index is -1.28. The van der Waals surface area contributed by atoms with Crippen LogP contribution in [0.15, 0.2) is 35.7 Å². The number of imide groups is 1. The third-order valence-corrected chi connectivity index (χ3v) is 6.39. The molecule has 0 aliphatic carbocycles. The molecule has 1 aromatic carbocycles. The molecule has 0 unspecified atom stereocenters. The van der Waals surface area contributed by atoms with Gasteiger partial charge in [0.05, 0.1) is 30.7 Å². The fourth-order valence-electron chi connectivity index (χ4n) is 4.08. The predicted molar refractivity (Wildman–Crippen MR) is 98.6 cm³/mol. The molecule has 2 aliphatic heterocycles. The summed E-state index contributed by atoms with van der Waals surface area (Å²) in [5.74, 6) is -2.72. The van der Waals surface area contributed by atoms with E-state index >= 15 is 0 Å². The highest BCUT2D eigenvalue weighted by Gasteiger charge is 2.66. The van der Waals surface area contributed by atoms with Crippen molar-refractivity contribution in [2.45, 2.75) is 18.5 Å². The van der Waals surface area contributed by atoms with E-state index in [1.54, 1.807) is 6.92 Å². The fraction of sp³-hybridized carbons (Fsp3) is 0.368. The van der Waals surface area contributed by atoms with Gasteiger partial charge in [0.15, 0.2) is 0 Å². The summed E-state index contributed by atoms with van der Waals surface area (Å²) in [6.07, 6.45) is 0. The van der Waals surface area contributed by atoms with Crippen molar-refractivity contribution in [3.8, 4) is 10.6 Å². The number of aromatic nitrogens is 1.